The van der Waals surface area contributed by atoms with Gasteiger partial charge in [-0.2, -0.15) is 0 Å². The van der Waals surface area contributed by atoms with Crippen LogP contribution in [0.15, 0.2) is 53.3 Å². The molecule has 0 fully saturated rings. The quantitative estimate of drug-likeness (QED) is 0.499. The van der Waals surface area contributed by atoms with E-state index in [-0.39, 0.29) is 17.9 Å². The Morgan fingerprint density at radius 2 is 1.73 bits per heavy atom. The first-order chi connectivity index (χ1) is 14.2. The summed E-state index contributed by atoms with van der Waals surface area (Å²) in [4.78, 5) is 14.3. The third-order valence-electron chi connectivity index (χ3n) is 4.74. The number of fused-ring (bicyclic) bond motifs is 3. The Labute approximate surface area is 168 Å². The number of rotatable bonds is 5. The molecular weight excluding hydrogens is 399 g/mol. The summed E-state index contributed by atoms with van der Waals surface area (Å²) in [6.07, 6.45) is -4.76. The van der Waals surface area contributed by atoms with Crippen LogP contribution in [0.2, 0.25) is 0 Å². The molecule has 0 aliphatic heterocycles. The van der Waals surface area contributed by atoms with E-state index in [1.807, 2.05) is 12.1 Å². The minimum absolute atomic E-state index is 0.177. The van der Waals surface area contributed by atoms with Gasteiger partial charge < -0.3 is 4.74 Å². The van der Waals surface area contributed by atoms with Crippen molar-refractivity contribution in [1.29, 1.82) is 0 Å². The van der Waals surface area contributed by atoms with Crippen molar-refractivity contribution in [2.75, 3.05) is 7.05 Å². The van der Waals surface area contributed by atoms with Crippen LogP contribution in [0.5, 0.6) is 5.75 Å². The van der Waals surface area contributed by atoms with Gasteiger partial charge in [0.05, 0.1) is 17.4 Å². The fourth-order valence-electron chi connectivity index (χ4n) is 3.44. The van der Waals surface area contributed by atoms with Gasteiger partial charge >= 0.3 is 6.36 Å². The number of nitrogens with zero attached hydrogens (tertiary/aromatic N) is 5. The molecule has 0 radical (unpaired) electrons. The van der Waals surface area contributed by atoms with E-state index in [0.717, 1.165) is 0 Å². The molecule has 30 heavy (non-hydrogen) atoms. The lowest BCUT2D eigenvalue weighted by Crippen LogP contribution is -2.23. The maximum atomic E-state index is 12.7. The Kier molecular flexibility index (Phi) is 4.94. The third-order valence-corrected chi connectivity index (χ3v) is 4.74. The second kappa shape index (κ2) is 7.45. The molecule has 0 N–H and O–H groups in total. The Hall–Kier alpha value is -3.40. The third kappa shape index (κ3) is 3.73. The van der Waals surface area contributed by atoms with Crippen molar-refractivity contribution in [3.8, 4) is 5.75 Å². The highest BCUT2D eigenvalue weighted by Gasteiger charge is 2.32. The number of para-hydroxylation sites is 2. The lowest BCUT2D eigenvalue weighted by Gasteiger charge is -2.19. The van der Waals surface area contributed by atoms with Crippen molar-refractivity contribution < 1.29 is 17.9 Å². The normalized spacial score (nSPS) is 12.2. The molecule has 0 atom stereocenters. The lowest BCUT2D eigenvalue weighted by atomic mass is 10.2. The maximum Gasteiger partial charge on any atom is 0.573 e. The Bertz CT molecular complexity index is 1280. The summed E-state index contributed by atoms with van der Waals surface area (Å²) in [5.41, 5.74) is 0.886. The lowest BCUT2D eigenvalue weighted by molar-refractivity contribution is -0.275. The summed E-state index contributed by atoms with van der Waals surface area (Å²) in [5.74, 6) is 0.715. The fraction of sp³-hybridized carbons (Fsp3) is 0.250. The molecule has 0 spiro atoms. The van der Waals surface area contributed by atoms with Gasteiger partial charge in [0.15, 0.2) is 5.82 Å². The summed E-state index contributed by atoms with van der Waals surface area (Å²) in [5, 5.41) is 8.87. The number of hydrogen-bond acceptors (Lipinski definition) is 5. The van der Waals surface area contributed by atoms with Gasteiger partial charge in [-0.15, -0.1) is 23.4 Å². The summed E-state index contributed by atoms with van der Waals surface area (Å²) in [7, 11) is 3.38. The number of aromatic nitrogens is 4. The summed E-state index contributed by atoms with van der Waals surface area (Å²) < 4.78 is 45.3. The van der Waals surface area contributed by atoms with Crippen LogP contribution in [0, 0.1) is 0 Å². The van der Waals surface area contributed by atoms with E-state index in [1.165, 1.54) is 16.7 Å². The molecular formula is C20H18F3N5O2. The van der Waals surface area contributed by atoms with Crippen LogP contribution in [0.3, 0.4) is 0 Å². The first kappa shape index (κ1) is 19.9. The van der Waals surface area contributed by atoms with Crippen molar-refractivity contribution in [2.24, 2.45) is 7.05 Å². The molecule has 0 aliphatic rings. The van der Waals surface area contributed by atoms with Crippen molar-refractivity contribution in [3.63, 3.8) is 0 Å². The number of ether oxygens (including phenoxy) is 1. The molecule has 0 amide bonds. The standard InChI is InChI=1S/C20H18F3N5O2/c1-26(11-13-7-3-6-10-16(13)30-20(21,22)23)12-17-24-25-19-27(2)18(29)14-8-4-5-9-15(14)28(17)19/h3-10H,11-12H2,1-2H3. The zero-order chi connectivity index (χ0) is 21.5. The zero-order valence-corrected chi connectivity index (χ0v) is 16.2. The fourth-order valence-corrected chi connectivity index (χ4v) is 3.44. The highest BCUT2D eigenvalue weighted by Crippen LogP contribution is 2.27. The van der Waals surface area contributed by atoms with Crippen LogP contribution in [0.1, 0.15) is 11.4 Å². The van der Waals surface area contributed by atoms with E-state index in [2.05, 4.69) is 14.9 Å². The Balaban J connectivity index is 1.67. The van der Waals surface area contributed by atoms with Crippen molar-refractivity contribution in [2.45, 2.75) is 19.5 Å². The van der Waals surface area contributed by atoms with E-state index in [0.29, 0.717) is 34.6 Å². The molecule has 2 aromatic carbocycles. The highest BCUT2D eigenvalue weighted by atomic mass is 19.4. The number of benzene rings is 2. The van der Waals surface area contributed by atoms with Crippen molar-refractivity contribution in [3.05, 3.63) is 70.3 Å². The molecule has 0 bridgehead atoms. The highest BCUT2D eigenvalue weighted by molar-refractivity contribution is 5.80. The number of hydrogen-bond donors (Lipinski definition) is 0. The average Bonchev–Trinajstić information content (AvgIpc) is 3.10. The smallest absolute Gasteiger partial charge is 0.405 e. The van der Waals surface area contributed by atoms with Gasteiger partial charge in [0.25, 0.3) is 5.56 Å². The number of aryl methyl sites for hydroxylation is 1. The van der Waals surface area contributed by atoms with Crippen LogP contribution in [-0.2, 0) is 20.1 Å². The Morgan fingerprint density at radius 1 is 1.03 bits per heavy atom. The van der Waals surface area contributed by atoms with Gasteiger partial charge in [-0.1, -0.05) is 30.3 Å². The van der Waals surface area contributed by atoms with Gasteiger partial charge in [0.1, 0.15) is 5.75 Å². The second-order valence-electron chi connectivity index (χ2n) is 6.96. The predicted molar refractivity (Wildman–Crippen MR) is 104 cm³/mol. The summed E-state index contributed by atoms with van der Waals surface area (Å²) in [6, 6.07) is 13.2. The first-order valence-electron chi connectivity index (χ1n) is 9.08. The molecule has 0 unspecified atom stereocenters. The van der Waals surface area contributed by atoms with Crippen LogP contribution < -0.4 is 10.3 Å². The monoisotopic (exact) mass is 417 g/mol. The molecule has 2 aromatic heterocycles. The van der Waals surface area contributed by atoms with Crippen molar-refractivity contribution in [1.82, 2.24) is 24.1 Å². The average molecular weight is 417 g/mol. The van der Waals surface area contributed by atoms with E-state index in [4.69, 9.17) is 0 Å². The van der Waals surface area contributed by atoms with Crippen LogP contribution >= 0.6 is 0 Å². The zero-order valence-electron chi connectivity index (χ0n) is 16.2. The summed E-state index contributed by atoms with van der Waals surface area (Å²) >= 11 is 0. The van der Waals surface area contributed by atoms with Gasteiger partial charge in [-0.05, 0) is 25.2 Å². The predicted octanol–water partition coefficient (Wildman–Crippen LogP) is 3.11. The van der Waals surface area contributed by atoms with Crippen LogP contribution in [0.25, 0.3) is 16.7 Å². The molecule has 4 rings (SSSR count). The number of alkyl halides is 3. The number of halogens is 3. The van der Waals surface area contributed by atoms with Crippen molar-refractivity contribution >= 4 is 16.7 Å². The topological polar surface area (TPSA) is 64.7 Å². The molecule has 2 heterocycles. The molecule has 0 saturated heterocycles. The molecule has 0 aliphatic carbocycles. The van der Waals surface area contributed by atoms with Gasteiger partial charge in [-0.3, -0.25) is 18.7 Å². The first-order valence-corrected chi connectivity index (χ1v) is 9.08. The Morgan fingerprint density at radius 3 is 2.50 bits per heavy atom. The summed E-state index contributed by atoms with van der Waals surface area (Å²) in [6.45, 7) is 0.495. The van der Waals surface area contributed by atoms with E-state index >= 15 is 0 Å². The molecule has 156 valence electrons. The van der Waals surface area contributed by atoms with E-state index in [1.54, 1.807) is 47.7 Å². The minimum Gasteiger partial charge on any atom is -0.405 e. The van der Waals surface area contributed by atoms with Crippen LogP contribution in [-0.4, -0.2) is 37.5 Å². The van der Waals surface area contributed by atoms with Gasteiger partial charge in [-0.25, -0.2) is 0 Å². The van der Waals surface area contributed by atoms with E-state index in [9.17, 15) is 18.0 Å². The molecule has 10 heteroatoms. The van der Waals surface area contributed by atoms with Gasteiger partial charge in [0, 0.05) is 19.2 Å². The van der Waals surface area contributed by atoms with E-state index < -0.39 is 6.36 Å². The SMILES string of the molecule is CN(Cc1ccccc1OC(F)(F)F)Cc1nnc2n(C)c(=O)c3ccccc3n12. The molecule has 7 nitrogen and oxygen atoms in total. The van der Waals surface area contributed by atoms with Crippen LogP contribution in [0.4, 0.5) is 13.2 Å². The largest absolute Gasteiger partial charge is 0.573 e. The maximum absolute atomic E-state index is 12.7. The minimum atomic E-state index is -4.76. The molecule has 4 aromatic rings. The molecule has 0 saturated carbocycles. The van der Waals surface area contributed by atoms with Gasteiger partial charge in [0.2, 0.25) is 5.78 Å². The second-order valence-corrected chi connectivity index (χ2v) is 6.96.